The number of hydrogen-bond acceptors (Lipinski definition) is 7. The summed E-state index contributed by atoms with van der Waals surface area (Å²) in [7, 11) is 1.41. The lowest BCUT2D eigenvalue weighted by Crippen LogP contribution is -2.14. The maximum atomic E-state index is 12.6. The van der Waals surface area contributed by atoms with Gasteiger partial charge >= 0.3 is 5.97 Å². The van der Waals surface area contributed by atoms with Crippen molar-refractivity contribution in [2.24, 2.45) is 0 Å². The van der Waals surface area contributed by atoms with Crippen molar-refractivity contribution < 1.29 is 24.0 Å². The van der Waals surface area contributed by atoms with E-state index < -0.39 is 16.8 Å². The van der Waals surface area contributed by atoms with Gasteiger partial charge in [-0.05, 0) is 54.5 Å². The lowest BCUT2D eigenvalue weighted by Gasteiger charge is -2.10. The van der Waals surface area contributed by atoms with E-state index in [4.69, 9.17) is 9.47 Å². The zero-order chi connectivity index (χ0) is 24.7. The number of nitriles is 1. The van der Waals surface area contributed by atoms with Gasteiger partial charge < -0.3 is 14.8 Å². The van der Waals surface area contributed by atoms with Gasteiger partial charge in [-0.15, -0.1) is 0 Å². The number of anilines is 1. The summed E-state index contributed by atoms with van der Waals surface area (Å²) in [5.41, 5.74) is 0.736. The molecule has 0 aliphatic carbocycles. The lowest BCUT2D eigenvalue weighted by molar-refractivity contribution is -0.384. The largest absolute Gasteiger partial charge is 0.493 e. The predicted molar refractivity (Wildman–Crippen MR) is 124 cm³/mol. The van der Waals surface area contributed by atoms with Gasteiger partial charge in [-0.3, -0.25) is 14.9 Å². The number of nitro groups is 1. The molecule has 0 unspecified atom stereocenters. The number of aryl methyl sites for hydroxylation is 1. The van der Waals surface area contributed by atoms with Gasteiger partial charge in [-0.1, -0.05) is 30.3 Å². The third kappa shape index (κ3) is 5.63. The molecule has 0 radical (unpaired) electrons. The predicted octanol–water partition coefficient (Wildman–Crippen LogP) is 4.68. The molecule has 0 aromatic heterocycles. The highest BCUT2D eigenvalue weighted by molar-refractivity contribution is 6.10. The third-order valence-corrected chi connectivity index (χ3v) is 4.67. The van der Waals surface area contributed by atoms with Crippen molar-refractivity contribution in [2.75, 3.05) is 12.4 Å². The summed E-state index contributed by atoms with van der Waals surface area (Å²) < 4.78 is 10.7. The summed E-state index contributed by atoms with van der Waals surface area (Å²) in [6.07, 6.45) is 1.27. The van der Waals surface area contributed by atoms with Crippen molar-refractivity contribution in [3.05, 3.63) is 99.1 Å². The molecule has 3 rings (SSSR count). The van der Waals surface area contributed by atoms with Crippen molar-refractivity contribution in [2.45, 2.75) is 6.92 Å². The van der Waals surface area contributed by atoms with E-state index in [1.54, 1.807) is 55.5 Å². The monoisotopic (exact) mass is 457 g/mol. The standard InChI is InChI=1S/C25H19N3O6/c1-16-8-10-20(21(12-16)28(31)32)27-24(29)19(15-26)13-17-9-11-22(33-2)23(14-17)34-25(30)18-6-4-3-5-7-18/h3-14H,1-2H3,(H,27,29)/b19-13+. The van der Waals surface area contributed by atoms with Crippen LogP contribution < -0.4 is 14.8 Å². The molecule has 0 bridgehead atoms. The molecule has 9 heteroatoms. The molecule has 9 nitrogen and oxygen atoms in total. The van der Waals surface area contributed by atoms with Gasteiger partial charge in [0.25, 0.3) is 11.6 Å². The van der Waals surface area contributed by atoms with Gasteiger partial charge in [0, 0.05) is 6.07 Å². The minimum Gasteiger partial charge on any atom is -0.493 e. The van der Waals surface area contributed by atoms with Crippen LogP contribution >= 0.6 is 0 Å². The summed E-state index contributed by atoms with van der Waals surface area (Å²) in [4.78, 5) is 35.8. The summed E-state index contributed by atoms with van der Waals surface area (Å²) in [5, 5.41) is 23.2. The minimum absolute atomic E-state index is 0.0334. The second kappa shape index (κ2) is 10.6. The average molecular weight is 457 g/mol. The molecule has 34 heavy (non-hydrogen) atoms. The van der Waals surface area contributed by atoms with Gasteiger partial charge in [0.05, 0.1) is 17.6 Å². The zero-order valence-electron chi connectivity index (χ0n) is 18.3. The molecule has 170 valence electrons. The zero-order valence-corrected chi connectivity index (χ0v) is 18.3. The van der Waals surface area contributed by atoms with Gasteiger partial charge in [-0.25, -0.2) is 4.79 Å². The second-order valence-electron chi connectivity index (χ2n) is 7.07. The van der Waals surface area contributed by atoms with Crippen LogP contribution in [-0.2, 0) is 4.79 Å². The number of rotatable bonds is 7. The van der Waals surface area contributed by atoms with E-state index in [2.05, 4.69) is 5.32 Å². The van der Waals surface area contributed by atoms with E-state index in [9.17, 15) is 25.0 Å². The smallest absolute Gasteiger partial charge is 0.343 e. The summed E-state index contributed by atoms with van der Waals surface area (Å²) in [6, 6.07) is 19.0. The van der Waals surface area contributed by atoms with Crippen LogP contribution in [0.15, 0.2) is 72.3 Å². The van der Waals surface area contributed by atoms with E-state index >= 15 is 0 Å². The van der Waals surface area contributed by atoms with E-state index in [0.717, 1.165) is 0 Å². The van der Waals surface area contributed by atoms with E-state index in [-0.39, 0.29) is 28.4 Å². The SMILES string of the molecule is COc1ccc(/C=C(\C#N)C(=O)Nc2ccc(C)cc2[N+](=O)[O-])cc1OC(=O)c1ccccc1. The molecule has 0 heterocycles. The molecule has 1 amide bonds. The van der Waals surface area contributed by atoms with Crippen molar-refractivity contribution >= 4 is 29.3 Å². The molecule has 3 aromatic rings. The number of benzene rings is 3. The number of nitrogens with one attached hydrogen (secondary N) is 1. The Morgan fingerprint density at radius 1 is 1.06 bits per heavy atom. The Hall–Kier alpha value is -4.97. The minimum atomic E-state index is -0.826. The van der Waals surface area contributed by atoms with Gasteiger partial charge in [0.15, 0.2) is 11.5 Å². The Kier molecular flexibility index (Phi) is 7.36. The fourth-order valence-electron chi connectivity index (χ4n) is 3.00. The number of ether oxygens (including phenoxy) is 2. The van der Waals surface area contributed by atoms with E-state index in [0.29, 0.717) is 16.7 Å². The highest BCUT2D eigenvalue weighted by atomic mass is 16.6. The molecule has 0 fully saturated rings. The third-order valence-electron chi connectivity index (χ3n) is 4.67. The van der Waals surface area contributed by atoms with Gasteiger partial charge in [-0.2, -0.15) is 5.26 Å². The van der Waals surface area contributed by atoms with E-state index in [1.807, 2.05) is 0 Å². The number of methoxy groups -OCH3 is 1. The van der Waals surface area contributed by atoms with Crippen LogP contribution in [0, 0.1) is 28.4 Å². The molecular weight excluding hydrogens is 438 g/mol. The highest BCUT2D eigenvalue weighted by Gasteiger charge is 2.19. The summed E-state index contributed by atoms with van der Waals surface area (Å²) in [5.74, 6) is -1.06. The van der Waals surface area contributed by atoms with Crippen LogP contribution in [0.1, 0.15) is 21.5 Å². The van der Waals surface area contributed by atoms with E-state index in [1.165, 1.54) is 37.5 Å². The first kappa shape index (κ1) is 23.7. The Balaban J connectivity index is 1.88. The number of nitro benzene ring substituents is 1. The fourth-order valence-corrected chi connectivity index (χ4v) is 3.00. The van der Waals surface area contributed by atoms with Crippen LogP contribution in [0.2, 0.25) is 0 Å². The van der Waals surface area contributed by atoms with Crippen molar-refractivity contribution in [3.63, 3.8) is 0 Å². The van der Waals surface area contributed by atoms with Gasteiger partial charge in [0.1, 0.15) is 17.3 Å². The molecule has 0 saturated heterocycles. The average Bonchev–Trinajstić information content (AvgIpc) is 2.84. The highest BCUT2D eigenvalue weighted by Crippen LogP contribution is 2.30. The van der Waals surface area contributed by atoms with Crippen molar-refractivity contribution in [3.8, 4) is 17.6 Å². The maximum Gasteiger partial charge on any atom is 0.343 e. The quantitative estimate of drug-likeness (QED) is 0.136. The van der Waals surface area contributed by atoms with Crippen molar-refractivity contribution in [1.82, 2.24) is 0 Å². The number of amides is 1. The first-order valence-corrected chi connectivity index (χ1v) is 9.96. The Morgan fingerprint density at radius 3 is 2.44 bits per heavy atom. The fraction of sp³-hybridized carbons (Fsp3) is 0.0800. The molecule has 0 atom stereocenters. The molecular formula is C25H19N3O6. The first-order chi connectivity index (χ1) is 16.3. The Labute approximate surface area is 195 Å². The summed E-state index contributed by atoms with van der Waals surface area (Å²) in [6.45, 7) is 1.69. The maximum absolute atomic E-state index is 12.6. The number of nitrogens with zero attached hydrogens (tertiary/aromatic N) is 2. The molecule has 0 aliphatic heterocycles. The van der Waals surface area contributed by atoms with Crippen LogP contribution in [0.5, 0.6) is 11.5 Å². The molecule has 0 spiro atoms. The Morgan fingerprint density at radius 2 is 1.79 bits per heavy atom. The molecule has 3 aromatic carbocycles. The second-order valence-corrected chi connectivity index (χ2v) is 7.07. The van der Waals surface area contributed by atoms with Crippen LogP contribution in [0.4, 0.5) is 11.4 Å². The summed E-state index contributed by atoms with van der Waals surface area (Å²) >= 11 is 0. The normalized spacial score (nSPS) is 10.7. The number of esters is 1. The van der Waals surface area contributed by atoms with Crippen molar-refractivity contribution in [1.29, 1.82) is 5.26 Å². The number of hydrogen-bond donors (Lipinski definition) is 1. The van der Waals surface area contributed by atoms with Crippen LogP contribution in [-0.4, -0.2) is 23.9 Å². The molecule has 0 saturated carbocycles. The number of carbonyl (C=O) groups excluding carboxylic acids is 2. The molecule has 1 N–H and O–H groups in total. The van der Waals surface area contributed by atoms with Gasteiger partial charge in [0.2, 0.25) is 0 Å². The first-order valence-electron chi connectivity index (χ1n) is 9.96. The van der Waals surface area contributed by atoms with Crippen LogP contribution in [0.25, 0.3) is 6.08 Å². The Bertz CT molecular complexity index is 1330. The number of carbonyl (C=O) groups is 2. The lowest BCUT2D eigenvalue weighted by atomic mass is 10.1. The van der Waals surface area contributed by atoms with Crippen LogP contribution in [0.3, 0.4) is 0 Å². The topological polar surface area (TPSA) is 132 Å². The molecule has 0 aliphatic rings.